The van der Waals surface area contributed by atoms with Crippen LogP contribution in [0.25, 0.3) is 17.3 Å². The second kappa shape index (κ2) is 5.95. The maximum atomic E-state index is 12.3. The number of nitrogens with zero attached hydrogens (tertiary/aromatic N) is 3. The highest BCUT2D eigenvalue weighted by Gasteiger charge is 2.17. The van der Waals surface area contributed by atoms with E-state index in [-0.39, 0.29) is 16.2 Å². The van der Waals surface area contributed by atoms with E-state index in [0.29, 0.717) is 17.1 Å². The first-order chi connectivity index (χ1) is 12.1. The maximum Gasteiger partial charge on any atom is 0.262 e. The number of nitrogens with one attached hydrogen (secondary N) is 1. The molecule has 2 N–H and O–H groups in total. The van der Waals surface area contributed by atoms with Crippen molar-refractivity contribution in [3.63, 3.8) is 0 Å². The summed E-state index contributed by atoms with van der Waals surface area (Å²) in [6, 6.07) is 12.7. The average Bonchev–Trinajstić information content (AvgIpc) is 3.02. The second-order valence-corrected chi connectivity index (χ2v) is 5.79. The predicted octanol–water partition coefficient (Wildman–Crippen LogP) is 3.25. The first-order valence-corrected chi connectivity index (χ1v) is 7.91. The van der Waals surface area contributed by atoms with Gasteiger partial charge in [0.1, 0.15) is 5.56 Å². The summed E-state index contributed by atoms with van der Waals surface area (Å²) in [5, 5.41) is 10.7. The molecule has 4 rings (SSSR count). The van der Waals surface area contributed by atoms with E-state index < -0.39 is 5.56 Å². The predicted molar refractivity (Wildman–Crippen MR) is 99.1 cm³/mol. The molecule has 0 atom stereocenters. The van der Waals surface area contributed by atoms with E-state index in [0.717, 1.165) is 5.56 Å². The zero-order valence-electron chi connectivity index (χ0n) is 12.9. The lowest BCUT2D eigenvalue weighted by Gasteiger charge is -2.11. The van der Waals surface area contributed by atoms with Gasteiger partial charge in [-0.15, -0.1) is 0 Å². The summed E-state index contributed by atoms with van der Waals surface area (Å²) in [5.74, 6) is 0.360. The standard InChI is InChI=1S/C18H12N4O2S/c23-16-14(9-11-10-20-15-13(11)7-4-8-19-15)17(24)22(18(25)21-16)12-5-2-1-3-6-12/h1-10,24H,(H,21,23,25)/b11-9-. The van der Waals surface area contributed by atoms with Crippen molar-refractivity contribution in [2.75, 3.05) is 0 Å². The molecule has 1 aliphatic heterocycles. The van der Waals surface area contributed by atoms with Gasteiger partial charge in [0.05, 0.1) is 5.69 Å². The van der Waals surface area contributed by atoms with Crippen molar-refractivity contribution in [1.29, 1.82) is 0 Å². The first-order valence-electron chi connectivity index (χ1n) is 7.50. The molecule has 3 heterocycles. The van der Waals surface area contributed by atoms with Crippen LogP contribution in [0.4, 0.5) is 5.82 Å². The van der Waals surface area contributed by atoms with E-state index in [1.54, 1.807) is 36.7 Å². The number of aromatic hydroxyl groups is 1. The minimum atomic E-state index is -0.465. The SMILES string of the molecule is O=c1[nH]c(=S)n(-c2ccccc2)c(O)c1/C=C1/C=Nc2ncccc21. The van der Waals surface area contributed by atoms with Crippen LogP contribution in [-0.2, 0) is 0 Å². The van der Waals surface area contributed by atoms with Crippen molar-refractivity contribution in [1.82, 2.24) is 14.5 Å². The molecule has 0 fully saturated rings. The minimum Gasteiger partial charge on any atom is -0.494 e. The van der Waals surface area contributed by atoms with Gasteiger partial charge in [-0.25, -0.2) is 9.98 Å². The quantitative estimate of drug-likeness (QED) is 0.697. The van der Waals surface area contributed by atoms with Crippen molar-refractivity contribution in [3.8, 4) is 11.6 Å². The Bertz CT molecular complexity index is 1140. The van der Waals surface area contributed by atoms with Gasteiger partial charge in [0.2, 0.25) is 5.88 Å². The van der Waals surface area contributed by atoms with Crippen LogP contribution in [0.15, 0.2) is 58.4 Å². The number of para-hydroxylation sites is 1. The largest absolute Gasteiger partial charge is 0.494 e. The molecule has 0 amide bonds. The molecule has 0 aliphatic carbocycles. The Balaban J connectivity index is 1.93. The molecule has 25 heavy (non-hydrogen) atoms. The lowest BCUT2D eigenvalue weighted by atomic mass is 10.1. The number of aromatic amines is 1. The van der Waals surface area contributed by atoms with Crippen LogP contribution in [0, 0.1) is 4.77 Å². The van der Waals surface area contributed by atoms with Crippen LogP contribution in [0.2, 0.25) is 0 Å². The highest BCUT2D eigenvalue weighted by atomic mass is 32.1. The van der Waals surface area contributed by atoms with Crippen molar-refractivity contribution >= 4 is 35.9 Å². The smallest absolute Gasteiger partial charge is 0.262 e. The molecule has 6 nitrogen and oxygen atoms in total. The summed E-state index contributed by atoms with van der Waals surface area (Å²) in [4.78, 5) is 23.3. The monoisotopic (exact) mass is 348 g/mol. The Morgan fingerprint density at radius 3 is 2.76 bits per heavy atom. The number of allylic oxidation sites excluding steroid dienone is 1. The van der Waals surface area contributed by atoms with E-state index in [1.807, 2.05) is 24.3 Å². The summed E-state index contributed by atoms with van der Waals surface area (Å²) in [5.41, 5.74) is 1.79. The normalized spacial score (nSPS) is 14.0. The number of aromatic nitrogens is 3. The van der Waals surface area contributed by atoms with Gasteiger partial charge in [-0.3, -0.25) is 14.3 Å². The van der Waals surface area contributed by atoms with E-state index in [1.165, 1.54) is 4.57 Å². The Morgan fingerprint density at radius 2 is 1.96 bits per heavy atom. The van der Waals surface area contributed by atoms with Gasteiger partial charge >= 0.3 is 0 Å². The molecule has 2 aromatic heterocycles. The van der Waals surface area contributed by atoms with E-state index in [4.69, 9.17) is 12.2 Å². The Kier molecular flexibility index (Phi) is 3.62. The fourth-order valence-electron chi connectivity index (χ4n) is 2.68. The zero-order chi connectivity index (χ0) is 17.4. The topological polar surface area (TPSA) is 83.3 Å². The summed E-state index contributed by atoms with van der Waals surface area (Å²) in [7, 11) is 0. The van der Waals surface area contributed by atoms with Crippen molar-refractivity contribution < 1.29 is 5.11 Å². The average molecular weight is 348 g/mol. The van der Waals surface area contributed by atoms with Crippen LogP contribution in [-0.4, -0.2) is 25.9 Å². The van der Waals surface area contributed by atoms with Crippen molar-refractivity contribution in [2.45, 2.75) is 0 Å². The minimum absolute atomic E-state index is 0.107. The van der Waals surface area contributed by atoms with Crippen LogP contribution in [0.3, 0.4) is 0 Å². The highest BCUT2D eigenvalue weighted by Crippen LogP contribution is 2.31. The third-order valence-electron chi connectivity index (χ3n) is 3.86. The van der Waals surface area contributed by atoms with Crippen molar-refractivity contribution in [3.05, 3.63) is 74.9 Å². The number of H-pyrrole nitrogens is 1. The molecule has 1 aliphatic rings. The summed E-state index contributed by atoms with van der Waals surface area (Å²) < 4.78 is 1.54. The van der Waals surface area contributed by atoms with Crippen molar-refractivity contribution in [2.24, 2.45) is 4.99 Å². The second-order valence-electron chi connectivity index (χ2n) is 5.40. The number of benzene rings is 1. The summed E-state index contributed by atoms with van der Waals surface area (Å²) in [6.45, 7) is 0. The highest BCUT2D eigenvalue weighted by molar-refractivity contribution is 7.71. The van der Waals surface area contributed by atoms with Gasteiger partial charge in [0.25, 0.3) is 5.56 Å². The summed E-state index contributed by atoms with van der Waals surface area (Å²) >= 11 is 5.20. The van der Waals surface area contributed by atoms with Gasteiger partial charge in [-0.05, 0) is 42.6 Å². The lowest BCUT2D eigenvalue weighted by molar-refractivity contribution is 0.432. The van der Waals surface area contributed by atoms with Gasteiger partial charge in [-0.1, -0.05) is 18.2 Å². The molecule has 0 unspecified atom stereocenters. The number of aliphatic imine (C=N–C) groups is 1. The molecule has 0 bridgehead atoms. The Hall–Kier alpha value is -3.32. The molecule has 0 saturated heterocycles. The van der Waals surface area contributed by atoms with Crippen LogP contribution < -0.4 is 5.56 Å². The van der Waals surface area contributed by atoms with E-state index in [2.05, 4.69) is 15.0 Å². The third kappa shape index (κ3) is 2.60. The fraction of sp³-hybridized carbons (Fsp3) is 0. The van der Waals surface area contributed by atoms with Gasteiger partial charge in [0, 0.05) is 23.5 Å². The molecule has 0 radical (unpaired) electrons. The fourth-order valence-corrected chi connectivity index (χ4v) is 2.97. The lowest BCUT2D eigenvalue weighted by Crippen LogP contribution is -2.16. The maximum absolute atomic E-state index is 12.3. The van der Waals surface area contributed by atoms with E-state index >= 15 is 0 Å². The molecule has 122 valence electrons. The molecule has 0 spiro atoms. The molecule has 1 aromatic carbocycles. The van der Waals surface area contributed by atoms with Gasteiger partial charge < -0.3 is 5.11 Å². The van der Waals surface area contributed by atoms with Crippen LogP contribution >= 0.6 is 12.2 Å². The zero-order valence-corrected chi connectivity index (χ0v) is 13.7. The molecular formula is C18H12N4O2S. The van der Waals surface area contributed by atoms with Crippen LogP contribution in [0.1, 0.15) is 11.1 Å². The molecule has 0 saturated carbocycles. The molecular weight excluding hydrogens is 336 g/mol. The van der Waals surface area contributed by atoms with Crippen LogP contribution in [0.5, 0.6) is 5.88 Å². The Morgan fingerprint density at radius 1 is 1.16 bits per heavy atom. The molecule has 3 aromatic rings. The number of hydrogen-bond acceptors (Lipinski definition) is 5. The number of pyridine rings is 1. The third-order valence-corrected chi connectivity index (χ3v) is 4.14. The summed E-state index contributed by atoms with van der Waals surface area (Å²) in [6.07, 6.45) is 4.85. The van der Waals surface area contributed by atoms with Gasteiger partial charge in [0.15, 0.2) is 10.6 Å². The first kappa shape index (κ1) is 15.2. The number of rotatable bonds is 2. The van der Waals surface area contributed by atoms with Gasteiger partial charge in [-0.2, -0.15) is 0 Å². The Labute approximate surface area is 147 Å². The molecule has 7 heteroatoms. The number of fused-ring (bicyclic) bond motifs is 1. The van der Waals surface area contributed by atoms with E-state index in [9.17, 15) is 9.90 Å². The number of hydrogen-bond donors (Lipinski definition) is 2.